The van der Waals surface area contributed by atoms with E-state index < -0.39 is 0 Å². The van der Waals surface area contributed by atoms with Gasteiger partial charge in [0.15, 0.2) is 0 Å². The van der Waals surface area contributed by atoms with Gasteiger partial charge in [0, 0.05) is 26.2 Å². The highest BCUT2D eigenvalue weighted by molar-refractivity contribution is 5.94. The molecule has 1 N–H and O–H groups in total. The highest BCUT2D eigenvalue weighted by atomic mass is 16.5. The molecule has 3 amide bonds. The molecule has 0 aromatic heterocycles. The number of likely N-dealkylation sites (tertiary alicyclic amines) is 1. The van der Waals surface area contributed by atoms with E-state index in [-0.39, 0.29) is 17.9 Å². The molecule has 1 saturated heterocycles. The SMILES string of the molecule is CCOc1ccccc1NC(=O)[C@@H]1CCCN(C(=O)N(CC)CC)C1. The smallest absolute Gasteiger partial charge is 0.320 e. The summed E-state index contributed by atoms with van der Waals surface area (Å²) < 4.78 is 5.56. The van der Waals surface area contributed by atoms with E-state index in [2.05, 4.69) is 5.32 Å². The lowest BCUT2D eigenvalue weighted by Gasteiger charge is -2.35. The molecule has 0 saturated carbocycles. The summed E-state index contributed by atoms with van der Waals surface area (Å²) in [7, 11) is 0. The van der Waals surface area contributed by atoms with Gasteiger partial charge in [-0.3, -0.25) is 4.79 Å². The van der Waals surface area contributed by atoms with Crippen LogP contribution >= 0.6 is 0 Å². The fourth-order valence-corrected chi connectivity index (χ4v) is 3.15. The number of piperidine rings is 1. The minimum Gasteiger partial charge on any atom is -0.492 e. The predicted molar refractivity (Wildman–Crippen MR) is 98.9 cm³/mol. The number of anilines is 1. The van der Waals surface area contributed by atoms with Gasteiger partial charge in [-0.2, -0.15) is 0 Å². The standard InChI is InChI=1S/C19H29N3O3/c1-4-21(5-2)19(24)22-13-9-10-15(14-22)18(23)20-16-11-7-8-12-17(16)25-6-3/h7-8,11-12,15H,4-6,9-10,13-14H2,1-3H3,(H,20,23)/t15-/m1/s1. The van der Waals surface area contributed by atoms with Gasteiger partial charge < -0.3 is 19.9 Å². The third kappa shape index (κ3) is 4.87. The Morgan fingerprint density at radius 3 is 2.64 bits per heavy atom. The summed E-state index contributed by atoms with van der Waals surface area (Å²) in [4.78, 5) is 28.8. The van der Waals surface area contributed by atoms with Crippen LogP contribution in [0.25, 0.3) is 0 Å². The molecule has 2 rings (SSSR count). The molecule has 1 aliphatic rings. The van der Waals surface area contributed by atoms with Crippen LogP contribution in [0.2, 0.25) is 0 Å². The number of amides is 3. The van der Waals surface area contributed by atoms with Crippen molar-refractivity contribution in [3.05, 3.63) is 24.3 Å². The lowest BCUT2D eigenvalue weighted by atomic mass is 9.97. The zero-order valence-corrected chi connectivity index (χ0v) is 15.5. The highest BCUT2D eigenvalue weighted by Crippen LogP contribution is 2.26. The predicted octanol–water partition coefficient (Wildman–Crippen LogP) is 3.20. The third-order valence-corrected chi connectivity index (χ3v) is 4.54. The van der Waals surface area contributed by atoms with E-state index in [4.69, 9.17) is 4.74 Å². The number of hydrogen-bond acceptors (Lipinski definition) is 3. The maximum absolute atomic E-state index is 12.7. The maximum atomic E-state index is 12.7. The third-order valence-electron chi connectivity index (χ3n) is 4.54. The average Bonchev–Trinajstić information content (AvgIpc) is 2.64. The zero-order chi connectivity index (χ0) is 18.2. The molecule has 138 valence electrons. The van der Waals surface area contributed by atoms with Crippen molar-refractivity contribution in [3.63, 3.8) is 0 Å². The first-order valence-corrected chi connectivity index (χ1v) is 9.17. The van der Waals surface area contributed by atoms with Crippen molar-refractivity contribution in [1.29, 1.82) is 0 Å². The molecule has 1 aliphatic heterocycles. The van der Waals surface area contributed by atoms with Crippen molar-refractivity contribution < 1.29 is 14.3 Å². The second-order valence-corrected chi connectivity index (χ2v) is 6.16. The van der Waals surface area contributed by atoms with Crippen LogP contribution < -0.4 is 10.1 Å². The zero-order valence-electron chi connectivity index (χ0n) is 15.5. The summed E-state index contributed by atoms with van der Waals surface area (Å²) in [6, 6.07) is 7.46. The Bertz CT molecular complexity index is 587. The average molecular weight is 347 g/mol. The van der Waals surface area contributed by atoms with E-state index in [0.717, 1.165) is 12.8 Å². The van der Waals surface area contributed by atoms with Crippen molar-refractivity contribution in [2.45, 2.75) is 33.6 Å². The molecule has 1 heterocycles. The van der Waals surface area contributed by atoms with Crippen molar-refractivity contribution >= 4 is 17.6 Å². The summed E-state index contributed by atoms with van der Waals surface area (Å²) in [5, 5.41) is 2.97. The van der Waals surface area contributed by atoms with E-state index in [1.54, 1.807) is 9.80 Å². The van der Waals surface area contributed by atoms with E-state index in [9.17, 15) is 9.59 Å². The first-order chi connectivity index (χ1) is 12.1. The van der Waals surface area contributed by atoms with Crippen LogP contribution in [-0.2, 0) is 4.79 Å². The van der Waals surface area contributed by atoms with Crippen LogP contribution in [0.4, 0.5) is 10.5 Å². The molecule has 0 unspecified atom stereocenters. The Labute approximate surface area is 150 Å². The van der Waals surface area contributed by atoms with Gasteiger partial charge >= 0.3 is 6.03 Å². The van der Waals surface area contributed by atoms with Gasteiger partial charge in [-0.15, -0.1) is 0 Å². The van der Waals surface area contributed by atoms with E-state index in [0.29, 0.717) is 44.2 Å². The number of hydrogen-bond donors (Lipinski definition) is 1. The molecule has 1 aromatic rings. The van der Waals surface area contributed by atoms with Crippen LogP contribution in [0.15, 0.2) is 24.3 Å². The Balaban J connectivity index is 2.01. The van der Waals surface area contributed by atoms with Crippen molar-refractivity contribution in [2.75, 3.05) is 38.1 Å². The lowest BCUT2D eigenvalue weighted by Crippen LogP contribution is -2.49. The van der Waals surface area contributed by atoms with Crippen LogP contribution in [0.1, 0.15) is 33.6 Å². The molecule has 1 atom stereocenters. The minimum absolute atomic E-state index is 0.0252. The summed E-state index contributed by atoms with van der Waals surface area (Å²) in [5.74, 6) is 0.428. The Kier molecular flexibility index (Phi) is 7.10. The summed E-state index contributed by atoms with van der Waals surface area (Å²) in [6.07, 6.45) is 1.64. The summed E-state index contributed by atoms with van der Waals surface area (Å²) in [6.45, 7) is 8.96. The molecule has 1 aromatic carbocycles. The molecule has 25 heavy (non-hydrogen) atoms. The van der Waals surface area contributed by atoms with Crippen LogP contribution in [0.5, 0.6) is 5.75 Å². The molecular formula is C19H29N3O3. The number of nitrogens with one attached hydrogen (secondary N) is 1. The number of nitrogens with zero attached hydrogens (tertiary/aromatic N) is 2. The van der Waals surface area contributed by atoms with E-state index in [1.165, 1.54) is 0 Å². The number of urea groups is 1. The van der Waals surface area contributed by atoms with Crippen molar-refractivity contribution in [3.8, 4) is 5.75 Å². The highest BCUT2D eigenvalue weighted by Gasteiger charge is 2.30. The molecule has 6 heteroatoms. The quantitative estimate of drug-likeness (QED) is 0.859. The van der Waals surface area contributed by atoms with Gasteiger partial charge in [0.1, 0.15) is 5.75 Å². The number of carbonyl (C=O) groups excluding carboxylic acids is 2. The number of carbonyl (C=O) groups is 2. The molecular weight excluding hydrogens is 318 g/mol. The maximum Gasteiger partial charge on any atom is 0.320 e. The second kappa shape index (κ2) is 9.30. The number of para-hydroxylation sites is 2. The van der Waals surface area contributed by atoms with E-state index in [1.807, 2.05) is 45.0 Å². The van der Waals surface area contributed by atoms with Crippen LogP contribution in [0.3, 0.4) is 0 Å². The Morgan fingerprint density at radius 2 is 1.96 bits per heavy atom. The molecule has 6 nitrogen and oxygen atoms in total. The molecule has 0 spiro atoms. The van der Waals surface area contributed by atoms with Gasteiger partial charge in [0.25, 0.3) is 0 Å². The Hall–Kier alpha value is -2.24. The molecule has 0 bridgehead atoms. The fraction of sp³-hybridized carbons (Fsp3) is 0.579. The van der Waals surface area contributed by atoms with Crippen molar-refractivity contribution in [2.24, 2.45) is 5.92 Å². The summed E-state index contributed by atoms with van der Waals surface area (Å²) >= 11 is 0. The van der Waals surface area contributed by atoms with Gasteiger partial charge in [-0.05, 0) is 45.7 Å². The second-order valence-electron chi connectivity index (χ2n) is 6.16. The lowest BCUT2D eigenvalue weighted by molar-refractivity contribution is -0.121. The normalized spacial score (nSPS) is 17.1. The van der Waals surface area contributed by atoms with Crippen LogP contribution in [0, 0.1) is 5.92 Å². The number of benzene rings is 1. The molecule has 0 radical (unpaired) electrons. The number of rotatable bonds is 6. The largest absolute Gasteiger partial charge is 0.492 e. The first kappa shape index (κ1) is 19.1. The van der Waals surface area contributed by atoms with E-state index >= 15 is 0 Å². The fourth-order valence-electron chi connectivity index (χ4n) is 3.15. The monoisotopic (exact) mass is 347 g/mol. The van der Waals surface area contributed by atoms with Crippen molar-refractivity contribution in [1.82, 2.24) is 9.80 Å². The van der Waals surface area contributed by atoms with Gasteiger partial charge in [0.05, 0.1) is 18.2 Å². The van der Waals surface area contributed by atoms with Gasteiger partial charge in [-0.1, -0.05) is 12.1 Å². The topological polar surface area (TPSA) is 61.9 Å². The summed E-state index contributed by atoms with van der Waals surface area (Å²) in [5.41, 5.74) is 0.682. The molecule has 0 aliphatic carbocycles. The first-order valence-electron chi connectivity index (χ1n) is 9.17. The number of ether oxygens (including phenoxy) is 1. The van der Waals surface area contributed by atoms with Crippen LogP contribution in [-0.4, -0.2) is 54.5 Å². The van der Waals surface area contributed by atoms with Gasteiger partial charge in [-0.25, -0.2) is 4.79 Å². The molecule has 1 fully saturated rings. The minimum atomic E-state index is -0.192. The Morgan fingerprint density at radius 1 is 1.24 bits per heavy atom. The van der Waals surface area contributed by atoms with Gasteiger partial charge in [0.2, 0.25) is 5.91 Å².